The Hall–Kier alpha value is -2.73. The number of aromatic amines is 1. The van der Waals surface area contributed by atoms with E-state index in [1.807, 2.05) is 48.5 Å². The van der Waals surface area contributed by atoms with Crippen molar-refractivity contribution in [3.63, 3.8) is 0 Å². The second kappa shape index (κ2) is 7.25. The zero-order chi connectivity index (χ0) is 17.9. The van der Waals surface area contributed by atoms with E-state index >= 15 is 0 Å². The lowest BCUT2D eigenvalue weighted by Crippen LogP contribution is -2.29. The third-order valence-electron chi connectivity index (χ3n) is 4.30. The highest BCUT2D eigenvalue weighted by atomic mass is 32.2. The third kappa shape index (κ3) is 3.32. The number of fused-ring (bicyclic) bond motifs is 2. The number of aromatic nitrogens is 2. The van der Waals surface area contributed by atoms with Crippen molar-refractivity contribution in [2.24, 2.45) is 0 Å². The number of nitrogens with zero attached hydrogens (tertiary/aromatic N) is 1. The van der Waals surface area contributed by atoms with Gasteiger partial charge in [-0.25, -0.2) is 4.98 Å². The first-order valence-electron chi connectivity index (χ1n) is 8.47. The Bertz CT molecular complexity index is 987. The van der Waals surface area contributed by atoms with E-state index in [0.29, 0.717) is 11.3 Å². The second-order valence-corrected chi connectivity index (χ2v) is 7.08. The van der Waals surface area contributed by atoms with Crippen molar-refractivity contribution in [3.05, 3.63) is 66.2 Å². The number of carbonyl (C=O) groups is 1. The minimum atomic E-state index is -0.229. The number of hydrogen-bond acceptors (Lipinski definition) is 4. The van der Waals surface area contributed by atoms with Crippen LogP contribution in [0.1, 0.15) is 28.8 Å². The summed E-state index contributed by atoms with van der Waals surface area (Å²) in [7, 11) is 0. The lowest BCUT2D eigenvalue weighted by Gasteiger charge is -2.15. The van der Waals surface area contributed by atoms with Crippen LogP contribution in [0.25, 0.3) is 22.0 Å². The number of rotatable bonds is 6. The summed E-state index contributed by atoms with van der Waals surface area (Å²) in [6.45, 7) is 0. The SMILES string of the molecule is CSCC[C@@H](NC(=O)c1cc2ccccc2o1)c1nc2ccccc2[nH]1. The van der Waals surface area contributed by atoms with Crippen molar-refractivity contribution in [3.8, 4) is 0 Å². The standard InChI is InChI=1S/C20H19N3O2S/c1-26-11-10-16(19-21-14-7-3-4-8-15(14)22-19)23-20(24)18-12-13-6-2-5-9-17(13)25-18/h2-9,12,16H,10-11H2,1H3,(H,21,22)(H,23,24)/t16-/m1/s1. The van der Waals surface area contributed by atoms with Crippen molar-refractivity contribution in [2.45, 2.75) is 12.5 Å². The summed E-state index contributed by atoms with van der Waals surface area (Å²) in [4.78, 5) is 20.7. The van der Waals surface area contributed by atoms with Gasteiger partial charge in [-0.15, -0.1) is 0 Å². The van der Waals surface area contributed by atoms with Gasteiger partial charge in [0, 0.05) is 5.39 Å². The molecule has 0 saturated heterocycles. The zero-order valence-corrected chi connectivity index (χ0v) is 15.2. The van der Waals surface area contributed by atoms with E-state index in [-0.39, 0.29) is 11.9 Å². The average Bonchev–Trinajstić information content (AvgIpc) is 3.28. The van der Waals surface area contributed by atoms with Gasteiger partial charge in [-0.05, 0) is 42.7 Å². The number of furan rings is 1. The Kier molecular flexibility index (Phi) is 4.67. The molecule has 0 unspecified atom stereocenters. The quantitative estimate of drug-likeness (QED) is 0.526. The van der Waals surface area contributed by atoms with E-state index in [1.165, 1.54) is 0 Å². The molecule has 2 aromatic carbocycles. The number of hydrogen-bond donors (Lipinski definition) is 2. The van der Waals surface area contributed by atoms with Gasteiger partial charge in [0.15, 0.2) is 5.76 Å². The fourth-order valence-corrected chi connectivity index (χ4v) is 3.45. The minimum Gasteiger partial charge on any atom is -0.451 e. The molecule has 0 saturated carbocycles. The van der Waals surface area contributed by atoms with E-state index in [1.54, 1.807) is 17.8 Å². The highest BCUT2D eigenvalue weighted by Gasteiger charge is 2.21. The molecule has 132 valence electrons. The van der Waals surface area contributed by atoms with E-state index < -0.39 is 0 Å². The molecule has 0 aliphatic rings. The Morgan fingerprint density at radius 2 is 2.04 bits per heavy atom. The van der Waals surface area contributed by atoms with Crippen LogP contribution in [0.5, 0.6) is 0 Å². The molecule has 26 heavy (non-hydrogen) atoms. The molecule has 0 fully saturated rings. The van der Waals surface area contributed by atoms with Crippen molar-refractivity contribution in [2.75, 3.05) is 12.0 Å². The molecular formula is C20H19N3O2S. The number of H-pyrrole nitrogens is 1. The van der Waals surface area contributed by atoms with Gasteiger partial charge in [0.1, 0.15) is 11.4 Å². The van der Waals surface area contributed by atoms with Crippen LogP contribution in [-0.4, -0.2) is 27.9 Å². The summed E-state index contributed by atoms with van der Waals surface area (Å²) in [6, 6.07) is 17.0. The number of carbonyl (C=O) groups excluding carboxylic acids is 1. The predicted octanol–water partition coefficient (Wildman–Crippen LogP) is 4.53. The number of thioether (sulfide) groups is 1. The lowest BCUT2D eigenvalue weighted by molar-refractivity contribution is 0.0908. The lowest BCUT2D eigenvalue weighted by atomic mass is 10.2. The van der Waals surface area contributed by atoms with Gasteiger partial charge in [0.25, 0.3) is 5.91 Å². The van der Waals surface area contributed by atoms with Gasteiger partial charge in [-0.2, -0.15) is 11.8 Å². The van der Waals surface area contributed by atoms with Gasteiger partial charge in [-0.1, -0.05) is 30.3 Å². The maximum absolute atomic E-state index is 12.7. The van der Waals surface area contributed by atoms with E-state index in [9.17, 15) is 4.79 Å². The maximum atomic E-state index is 12.7. The molecule has 2 aromatic heterocycles. The van der Waals surface area contributed by atoms with Crippen LogP contribution >= 0.6 is 11.8 Å². The smallest absolute Gasteiger partial charge is 0.287 e. The molecule has 0 aliphatic heterocycles. The molecule has 4 rings (SSSR count). The second-order valence-electron chi connectivity index (χ2n) is 6.10. The van der Waals surface area contributed by atoms with Crippen molar-refractivity contribution >= 4 is 39.7 Å². The molecular weight excluding hydrogens is 346 g/mol. The highest BCUT2D eigenvalue weighted by Crippen LogP contribution is 2.23. The van der Waals surface area contributed by atoms with Crippen molar-refractivity contribution in [1.29, 1.82) is 0 Å². The van der Waals surface area contributed by atoms with Gasteiger partial charge in [0.2, 0.25) is 0 Å². The predicted molar refractivity (Wildman–Crippen MR) is 106 cm³/mol. The van der Waals surface area contributed by atoms with Crippen LogP contribution in [0.2, 0.25) is 0 Å². The van der Waals surface area contributed by atoms with Gasteiger partial charge < -0.3 is 14.7 Å². The molecule has 2 N–H and O–H groups in total. The summed E-state index contributed by atoms with van der Waals surface area (Å²) >= 11 is 1.74. The summed E-state index contributed by atoms with van der Waals surface area (Å²) in [5.74, 6) is 1.77. The molecule has 1 atom stereocenters. The monoisotopic (exact) mass is 365 g/mol. The van der Waals surface area contributed by atoms with Crippen LogP contribution in [0.15, 0.2) is 59.0 Å². The Balaban J connectivity index is 1.60. The Morgan fingerprint density at radius 3 is 2.85 bits per heavy atom. The van der Waals surface area contributed by atoms with Crippen LogP contribution in [0.3, 0.4) is 0 Å². The number of amides is 1. The molecule has 0 aliphatic carbocycles. The molecule has 0 spiro atoms. The summed E-state index contributed by atoms with van der Waals surface area (Å²) in [6.07, 6.45) is 2.84. The highest BCUT2D eigenvalue weighted by molar-refractivity contribution is 7.98. The van der Waals surface area contributed by atoms with Gasteiger partial charge in [0.05, 0.1) is 17.1 Å². The topological polar surface area (TPSA) is 70.9 Å². The Morgan fingerprint density at radius 1 is 1.23 bits per heavy atom. The number of imidazole rings is 1. The molecule has 0 bridgehead atoms. The van der Waals surface area contributed by atoms with Crippen molar-refractivity contribution in [1.82, 2.24) is 15.3 Å². The molecule has 6 heteroatoms. The molecule has 2 heterocycles. The van der Waals surface area contributed by atoms with Crippen LogP contribution in [-0.2, 0) is 0 Å². The first-order chi connectivity index (χ1) is 12.7. The van der Waals surface area contributed by atoms with E-state index in [0.717, 1.165) is 34.4 Å². The minimum absolute atomic E-state index is 0.199. The molecule has 5 nitrogen and oxygen atoms in total. The summed E-state index contributed by atoms with van der Waals surface area (Å²) < 4.78 is 5.68. The summed E-state index contributed by atoms with van der Waals surface area (Å²) in [5, 5.41) is 3.99. The van der Waals surface area contributed by atoms with Gasteiger partial charge in [-0.3, -0.25) is 4.79 Å². The van der Waals surface area contributed by atoms with Crippen LogP contribution in [0.4, 0.5) is 0 Å². The van der Waals surface area contributed by atoms with E-state index in [2.05, 4.69) is 21.5 Å². The fourth-order valence-electron chi connectivity index (χ4n) is 2.97. The number of benzene rings is 2. The first kappa shape index (κ1) is 16.7. The zero-order valence-electron chi connectivity index (χ0n) is 14.4. The molecule has 0 radical (unpaired) electrons. The normalized spacial score (nSPS) is 12.5. The fraction of sp³-hybridized carbons (Fsp3) is 0.200. The van der Waals surface area contributed by atoms with Gasteiger partial charge >= 0.3 is 0 Å². The Labute approximate surface area is 155 Å². The van der Waals surface area contributed by atoms with Crippen LogP contribution < -0.4 is 5.32 Å². The molecule has 4 aromatic rings. The third-order valence-corrected chi connectivity index (χ3v) is 4.95. The van der Waals surface area contributed by atoms with E-state index in [4.69, 9.17) is 4.42 Å². The largest absolute Gasteiger partial charge is 0.451 e. The average molecular weight is 365 g/mol. The number of nitrogens with one attached hydrogen (secondary N) is 2. The summed E-state index contributed by atoms with van der Waals surface area (Å²) in [5.41, 5.74) is 2.58. The molecule has 1 amide bonds. The number of para-hydroxylation sites is 3. The first-order valence-corrected chi connectivity index (χ1v) is 9.87. The van der Waals surface area contributed by atoms with Crippen LogP contribution in [0, 0.1) is 0 Å². The maximum Gasteiger partial charge on any atom is 0.287 e. The van der Waals surface area contributed by atoms with Crippen molar-refractivity contribution < 1.29 is 9.21 Å².